The lowest BCUT2D eigenvalue weighted by Crippen LogP contribution is -2.16. The number of hydrogen-bond acceptors (Lipinski definition) is 2. The highest BCUT2D eigenvalue weighted by Crippen LogP contribution is 2.06. The molecule has 1 rings (SSSR count). The normalized spacial score (nSPS) is 9.93. The Balaban J connectivity index is 2.40. The minimum absolute atomic E-state index is 0.0944. The van der Waals surface area contributed by atoms with Crippen LogP contribution in [-0.2, 0) is 16.0 Å². The Kier molecular flexibility index (Phi) is 4.03. The van der Waals surface area contributed by atoms with Gasteiger partial charge in [-0.15, -0.1) is 0 Å². The summed E-state index contributed by atoms with van der Waals surface area (Å²) in [5.74, 6) is -0.646. The SMILES string of the molecule is Cc1ccc(CCC(=O)CC(N)=O)cc1. The monoisotopic (exact) mass is 205 g/mol. The van der Waals surface area contributed by atoms with Gasteiger partial charge < -0.3 is 5.73 Å². The zero-order valence-corrected chi connectivity index (χ0v) is 8.82. The number of carbonyl (C=O) groups is 2. The van der Waals surface area contributed by atoms with Crippen molar-refractivity contribution in [3.05, 3.63) is 35.4 Å². The molecule has 0 bridgehead atoms. The summed E-state index contributed by atoms with van der Waals surface area (Å²) < 4.78 is 0. The van der Waals surface area contributed by atoms with E-state index in [-0.39, 0.29) is 12.2 Å². The molecule has 0 radical (unpaired) electrons. The first-order valence-electron chi connectivity index (χ1n) is 4.93. The van der Waals surface area contributed by atoms with E-state index in [1.165, 1.54) is 5.56 Å². The number of benzene rings is 1. The Labute approximate surface area is 89.3 Å². The van der Waals surface area contributed by atoms with Crippen LogP contribution in [0.25, 0.3) is 0 Å². The van der Waals surface area contributed by atoms with Gasteiger partial charge >= 0.3 is 0 Å². The molecule has 80 valence electrons. The lowest BCUT2D eigenvalue weighted by atomic mass is 10.0. The number of nitrogens with two attached hydrogens (primary N) is 1. The highest BCUT2D eigenvalue weighted by molar-refractivity contribution is 5.97. The summed E-state index contributed by atoms with van der Waals surface area (Å²) in [7, 11) is 0. The van der Waals surface area contributed by atoms with E-state index in [0.29, 0.717) is 12.8 Å². The van der Waals surface area contributed by atoms with Gasteiger partial charge in [0.2, 0.25) is 5.91 Å². The number of hydrogen-bond donors (Lipinski definition) is 1. The van der Waals surface area contributed by atoms with Crippen molar-refractivity contribution in [1.29, 1.82) is 0 Å². The van der Waals surface area contributed by atoms with Gasteiger partial charge in [-0.1, -0.05) is 29.8 Å². The van der Waals surface area contributed by atoms with Crippen LogP contribution in [0.2, 0.25) is 0 Å². The van der Waals surface area contributed by atoms with Crippen LogP contribution in [-0.4, -0.2) is 11.7 Å². The zero-order chi connectivity index (χ0) is 11.3. The van der Waals surface area contributed by atoms with Crippen molar-refractivity contribution in [3.63, 3.8) is 0 Å². The van der Waals surface area contributed by atoms with Gasteiger partial charge in [0.15, 0.2) is 0 Å². The molecule has 3 nitrogen and oxygen atoms in total. The van der Waals surface area contributed by atoms with Crippen molar-refractivity contribution < 1.29 is 9.59 Å². The topological polar surface area (TPSA) is 60.2 Å². The smallest absolute Gasteiger partial charge is 0.224 e. The second-order valence-corrected chi connectivity index (χ2v) is 3.67. The second kappa shape index (κ2) is 5.29. The Morgan fingerprint density at radius 2 is 1.80 bits per heavy atom. The van der Waals surface area contributed by atoms with E-state index in [1.54, 1.807) is 0 Å². The van der Waals surface area contributed by atoms with E-state index in [9.17, 15) is 9.59 Å². The molecule has 0 saturated heterocycles. The highest BCUT2D eigenvalue weighted by Gasteiger charge is 2.05. The summed E-state index contributed by atoms with van der Waals surface area (Å²) >= 11 is 0. The van der Waals surface area contributed by atoms with Crippen molar-refractivity contribution in [2.24, 2.45) is 5.73 Å². The predicted molar refractivity (Wildman–Crippen MR) is 58.3 cm³/mol. The number of carbonyl (C=O) groups excluding carboxylic acids is 2. The number of Topliss-reactive ketones (excluding diaryl/α,β-unsaturated/α-hetero) is 1. The Morgan fingerprint density at radius 3 is 2.33 bits per heavy atom. The molecule has 0 fully saturated rings. The van der Waals surface area contributed by atoms with Gasteiger partial charge in [0, 0.05) is 6.42 Å². The molecule has 0 aliphatic rings. The molecule has 0 atom stereocenters. The Morgan fingerprint density at radius 1 is 1.20 bits per heavy atom. The van der Waals surface area contributed by atoms with Gasteiger partial charge in [0.25, 0.3) is 0 Å². The third-order valence-electron chi connectivity index (χ3n) is 2.18. The van der Waals surface area contributed by atoms with Crippen molar-refractivity contribution in [3.8, 4) is 0 Å². The first kappa shape index (κ1) is 11.4. The average Bonchev–Trinajstić information content (AvgIpc) is 2.16. The van der Waals surface area contributed by atoms with Crippen LogP contribution in [0.5, 0.6) is 0 Å². The van der Waals surface area contributed by atoms with E-state index in [0.717, 1.165) is 5.56 Å². The molecular weight excluding hydrogens is 190 g/mol. The first-order chi connectivity index (χ1) is 7.08. The fourth-order valence-electron chi connectivity index (χ4n) is 1.32. The van der Waals surface area contributed by atoms with Gasteiger partial charge in [0.05, 0.1) is 6.42 Å². The number of primary amides is 1. The van der Waals surface area contributed by atoms with Gasteiger partial charge in [-0.05, 0) is 18.9 Å². The minimum Gasteiger partial charge on any atom is -0.369 e. The molecule has 0 heterocycles. The Hall–Kier alpha value is -1.64. The van der Waals surface area contributed by atoms with Crippen LogP contribution in [0, 0.1) is 6.92 Å². The molecule has 0 aliphatic heterocycles. The third-order valence-corrected chi connectivity index (χ3v) is 2.18. The van der Waals surface area contributed by atoms with Gasteiger partial charge in [0.1, 0.15) is 5.78 Å². The van der Waals surface area contributed by atoms with Crippen molar-refractivity contribution in [1.82, 2.24) is 0 Å². The van der Waals surface area contributed by atoms with Crippen molar-refractivity contribution >= 4 is 11.7 Å². The van der Waals surface area contributed by atoms with Gasteiger partial charge in [-0.3, -0.25) is 9.59 Å². The van der Waals surface area contributed by atoms with E-state index in [1.807, 2.05) is 31.2 Å². The van der Waals surface area contributed by atoms with Crippen LogP contribution in [0.4, 0.5) is 0 Å². The minimum atomic E-state index is -0.552. The molecule has 3 heteroatoms. The van der Waals surface area contributed by atoms with Gasteiger partial charge in [-0.25, -0.2) is 0 Å². The van der Waals surface area contributed by atoms with Crippen molar-refractivity contribution in [2.45, 2.75) is 26.2 Å². The largest absolute Gasteiger partial charge is 0.369 e. The molecule has 0 aliphatic carbocycles. The molecule has 1 amide bonds. The molecule has 0 aromatic heterocycles. The standard InChI is InChI=1S/C12H15NO2/c1-9-2-4-10(5-3-9)6-7-11(14)8-12(13)15/h2-5H,6-8H2,1H3,(H2,13,15). The van der Waals surface area contributed by atoms with E-state index >= 15 is 0 Å². The maximum atomic E-state index is 11.2. The van der Waals surface area contributed by atoms with Crippen LogP contribution < -0.4 is 5.73 Å². The van der Waals surface area contributed by atoms with E-state index in [2.05, 4.69) is 0 Å². The number of ketones is 1. The lowest BCUT2D eigenvalue weighted by Gasteiger charge is -2.00. The summed E-state index contributed by atoms with van der Waals surface area (Å²) in [4.78, 5) is 21.7. The fourth-order valence-corrected chi connectivity index (χ4v) is 1.32. The lowest BCUT2D eigenvalue weighted by molar-refractivity contribution is -0.126. The zero-order valence-electron chi connectivity index (χ0n) is 8.82. The van der Waals surface area contributed by atoms with Crippen LogP contribution >= 0.6 is 0 Å². The Bertz CT molecular complexity index is 354. The molecular formula is C12H15NO2. The maximum Gasteiger partial charge on any atom is 0.224 e. The summed E-state index contributed by atoms with van der Waals surface area (Å²) in [5.41, 5.74) is 7.23. The summed E-state index contributed by atoms with van der Waals surface area (Å²) in [6.07, 6.45) is 0.907. The predicted octanol–water partition coefficient (Wildman–Crippen LogP) is 1.37. The van der Waals surface area contributed by atoms with Gasteiger partial charge in [-0.2, -0.15) is 0 Å². The molecule has 1 aromatic carbocycles. The molecule has 0 unspecified atom stereocenters. The van der Waals surface area contributed by atoms with E-state index in [4.69, 9.17) is 5.73 Å². The molecule has 0 saturated carbocycles. The third kappa shape index (κ3) is 4.40. The average molecular weight is 205 g/mol. The fraction of sp³-hybridized carbons (Fsp3) is 0.333. The summed E-state index contributed by atoms with van der Waals surface area (Å²) in [6, 6.07) is 8.00. The summed E-state index contributed by atoms with van der Waals surface area (Å²) in [5, 5.41) is 0. The number of amides is 1. The van der Waals surface area contributed by atoms with Crippen molar-refractivity contribution in [2.75, 3.05) is 0 Å². The number of rotatable bonds is 5. The van der Waals surface area contributed by atoms with E-state index < -0.39 is 5.91 Å². The second-order valence-electron chi connectivity index (χ2n) is 3.67. The number of aryl methyl sites for hydroxylation is 2. The molecule has 2 N–H and O–H groups in total. The first-order valence-corrected chi connectivity index (χ1v) is 4.93. The van der Waals surface area contributed by atoms with Crippen LogP contribution in [0.3, 0.4) is 0 Å². The van der Waals surface area contributed by atoms with Crippen LogP contribution in [0.15, 0.2) is 24.3 Å². The summed E-state index contributed by atoms with van der Waals surface area (Å²) in [6.45, 7) is 2.02. The van der Waals surface area contributed by atoms with Crippen LogP contribution in [0.1, 0.15) is 24.0 Å². The maximum absolute atomic E-state index is 11.2. The molecule has 0 spiro atoms. The molecule has 15 heavy (non-hydrogen) atoms. The highest BCUT2D eigenvalue weighted by atomic mass is 16.2. The quantitative estimate of drug-likeness (QED) is 0.738. The molecule has 1 aromatic rings.